The number of nitrogens with zero attached hydrogens (tertiary/aromatic N) is 5. The van der Waals surface area contributed by atoms with Crippen molar-refractivity contribution in [3.8, 4) is 0 Å². The molecule has 7 nitrogen and oxygen atoms in total. The Morgan fingerprint density at radius 2 is 2.00 bits per heavy atom. The van der Waals surface area contributed by atoms with Gasteiger partial charge in [-0.25, -0.2) is 4.98 Å². The van der Waals surface area contributed by atoms with Gasteiger partial charge in [-0.05, 0) is 61.6 Å². The number of likely N-dealkylation sites (tertiary alicyclic amines) is 1. The van der Waals surface area contributed by atoms with Gasteiger partial charge in [0.15, 0.2) is 0 Å². The molecular formula is C24H26N6O. The van der Waals surface area contributed by atoms with E-state index in [0.29, 0.717) is 5.82 Å². The molecule has 0 unspecified atom stereocenters. The molecule has 0 bridgehead atoms. The van der Waals surface area contributed by atoms with Crippen LogP contribution in [0.3, 0.4) is 0 Å². The van der Waals surface area contributed by atoms with Crippen molar-refractivity contribution in [2.24, 2.45) is 0 Å². The minimum absolute atomic E-state index is 0.0109. The molecule has 7 heteroatoms. The van der Waals surface area contributed by atoms with Gasteiger partial charge in [-0.15, -0.1) is 0 Å². The Hall–Kier alpha value is -3.48. The van der Waals surface area contributed by atoms with Gasteiger partial charge in [-0.1, -0.05) is 0 Å². The van der Waals surface area contributed by atoms with Crippen LogP contribution < -0.4 is 10.2 Å². The van der Waals surface area contributed by atoms with Gasteiger partial charge in [0.2, 0.25) is 0 Å². The maximum absolute atomic E-state index is 13.4. The minimum atomic E-state index is 0.0109. The van der Waals surface area contributed by atoms with Gasteiger partial charge >= 0.3 is 0 Å². The summed E-state index contributed by atoms with van der Waals surface area (Å²) >= 11 is 0. The number of carbonyl (C=O) groups excluding carboxylic acids is 1. The second-order valence-electron chi connectivity index (χ2n) is 8.21. The van der Waals surface area contributed by atoms with Crippen LogP contribution in [0.5, 0.6) is 0 Å². The molecule has 2 aliphatic heterocycles. The van der Waals surface area contributed by atoms with Crippen molar-refractivity contribution in [1.29, 1.82) is 0 Å². The summed E-state index contributed by atoms with van der Waals surface area (Å²) in [6.45, 7) is 1.84. The minimum Gasteiger partial charge on any atom is -0.374 e. The largest absolute Gasteiger partial charge is 0.374 e. The van der Waals surface area contributed by atoms with E-state index in [2.05, 4.69) is 44.3 Å². The van der Waals surface area contributed by atoms with Crippen LogP contribution in [0.25, 0.3) is 0 Å². The molecule has 0 aliphatic carbocycles. The fraction of sp³-hybridized carbons (Fsp3) is 0.333. The van der Waals surface area contributed by atoms with Gasteiger partial charge in [-0.2, -0.15) is 0 Å². The number of aryl methyl sites for hydroxylation is 1. The third-order valence-electron chi connectivity index (χ3n) is 6.15. The molecule has 2 aliphatic rings. The van der Waals surface area contributed by atoms with Crippen molar-refractivity contribution in [2.75, 3.05) is 30.4 Å². The second kappa shape index (κ2) is 8.34. The number of nitrogens with one attached hydrogen (secondary N) is 1. The number of carbonyl (C=O) groups is 1. The van der Waals surface area contributed by atoms with Crippen LogP contribution in [0.4, 0.5) is 17.2 Å². The Bertz CT molecular complexity index is 1070. The van der Waals surface area contributed by atoms with Crippen LogP contribution in [0.1, 0.15) is 46.9 Å². The van der Waals surface area contributed by atoms with Gasteiger partial charge in [0.05, 0.1) is 29.8 Å². The van der Waals surface area contributed by atoms with E-state index in [1.54, 1.807) is 24.8 Å². The summed E-state index contributed by atoms with van der Waals surface area (Å²) < 4.78 is 0. The van der Waals surface area contributed by atoms with Gasteiger partial charge in [0.25, 0.3) is 5.91 Å². The van der Waals surface area contributed by atoms with E-state index >= 15 is 0 Å². The number of hydrogen-bond donors (Lipinski definition) is 1. The number of pyridine rings is 1. The van der Waals surface area contributed by atoms with Gasteiger partial charge in [-0.3, -0.25) is 14.8 Å². The molecule has 0 radical (unpaired) electrons. The predicted octanol–water partition coefficient (Wildman–Crippen LogP) is 3.97. The van der Waals surface area contributed by atoms with E-state index in [9.17, 15) is 4.79 Å². The number of anilines is 3. The number of amides is 1. The molecule has 1 atom stereocenters. The van der Waals surface area contributed by atoms with Crippen LogP contribution in [0, 0.1) is 0 Å². The molecule has 1 saturated heterocycles. The van der Waals surface area contributed by atoms with Gasteiger partial charge < -0.3 is 15.1 Å². The summed E-state index contributed by atoms with van der Waals surface area (Å²) in [4.78, 5) is 30.5. The Kier molecular flexibility index (Phi) is 5.24. The smallest absolute Gasteiger partial charge is 0.254 e. The first-order valence-electron chi connectivity index (χ1n) is 10.8. The summed E-state index contributed by atoms with van der Waals surface area (Å²) in [6.07, 6.45) is 10.8. The Morgan fingerprint density at radius 1 is 1.06 bits per heavy atom. The van der Waals surface area contributed by atoms with E-state index < -0.39 is 0 Å². The quantitative estimate of drug-likeness (QED) is 0.696. The molecule has 1 fully saturated rings. The summed E-state index contributed by atoms with van der Waals surface area (Å²) in [7, 11) is 2.12. The molecule has 3 aromatic rings. The summed E-state index contributed by atoms with van der Waals surface area (Å²) in [5, 5.41) is 3.19. The van der Waals surface area contributed by atoms with Crippen LogP contribution in [-0.2, 0) is 6.42 Å². The molecular weight excluding hydrogens is 388 g/mol. The van der Waals surface area contributed by atoms with E-state index in [1.165, 1.54) is 11.3 Å². The maximum Gasteiger partial charge on any atom is 0.254 e. The lowest BCUT2D eigenvalue weighted by molar-refractivity contribution is 0.0733. The van der Waals surface area contributed by atoms with Crippen molar-refractivity contribution in [1.82, 2.24) is 19.9 Å². The lowest BCUT2D eigenvalue weighted by atomic mass is 9.99. The van der Waals surface area contributed by atoms with Crippen molar-refractivity contribution in [2.45, 2.75) is 31.7 Å². The molecule has 1 amide bonds. The zero-order valence-electron chi connectivity index (χ0n) is 17.7. The monoisotopic (exact) mass is 414 g/mol. The number of benzene rings is 1. The fourth-order valence-electron chi connectivity index (χ4n) is 4.59. The summed E-state index contributed by atoms with van der Waals surface area (Å²) in [5.41, 5.74) is 5.07. The first-order valence-corrected chi connectivity index (χ1v) is 10.8. The highest BCUT2D eigenvalue weighted by atomic mass is 16.2. The van der Waals surface area contributed by atoms with Crippen molar-refractivity contribution in [3.63, 3.8) is 0 Å². The molecule has 0 saturated carbocycles. The molecule has 4 heterocycles. The molecule has 158 valence electrons. The van der Waals surface area contributed by atoms with E-state index in [4.69, 9.17) is 0 Å². The topological polar surface area (TPSA) is 74.2 Å². The molecule has 1 N–H and O–H groups in total. The van der Waals surface area contributed by atoms with E-state index in [1.807, 2.05) is 23.1 Å². The third kappa shape index (κ3) is 3.95. The van der Waals surface area contributed by atoms with Crippen LogP contribution in [0.2, 0.25) is 0 Å². The number of fused-ring (bicyclic) bond motifs is 1. The lowest BCUT2D eigenvalue weighted by Gasteiger charge is -2.29. The summed E-state index contributed by atoms with van der Waals surface area (Å²) in [5.74, 6) is 0.773. The zero-order valence-corrected chi connectivity index (χ0v) is 17.7. The average Bonchev–Trinajstić information content (AvgIpc) is 3.30. The average molecular weight is 415 g/mol. The Labute approximate surface area is 182 Å². The number of hydrogen-bond acceptors (Lipinski definition) is 6. The Morgan fingerprint density at radius 3 is 2.81 bits per heavy atom. The first-order chi connectivity index (χ1) is 15.2. The van der Waals surface area contributed by atoms with Gasteiger partial charge in [0, 0.05) is 43.8 Å². The second-order valence-corrected chi connectivity index (χ2v) is 8.21. The van der Waals surface area contributed by atoms with Gasteiger partial charge in [0.1, 0.15) is 5.82 Å². The number of rotatable bonds is 4. The fourth-order valence-corrected chi connectivity index (χ4v) is 4.59. The maximum atomic E-state index is 13.4. The van der Waals surface area contributed by atoms with Crippen molar-refractivity contribution in [3.05, 3.63) is 71.9 Å². The van der Waals surface area contributed by atoms with E-state index in [0.717, 1.165) is 55.7 Å². The molecule has 31 heavy (non-hydrogen) atoms. The van der Waals surface area contributed by atoms with Crippen molar-refractivity contribution < 1.29 is 4.79 Å². The number of aromatic nitrogens is 3. The zero-order chi connectivity index (χ0) is 21.2. The normalized spacial score (nSPS) is 18.0. The van der Waals surface area contributed by atoms with Crippen LogP contribution >= 0.6 is 0 Å². The SMILES string of the molecule is CN1CCCc2cc(C(=O)N3CCC[C@@H]3c3ccc(Nc4cnccn4)cn3)ccc21. The van der Waals surface area contributed by atoms with Crippen molar-refractivity contribution >= 4 is 23.1 Å². The lowest BCUT2D eigenvalue weighted by Crippen LogP contribution is -2.31. The highest BCUT2D eigenvalue weighted by Gasteiger charge is 2.32. The van der Waals surface area contributed by atoms with Crippen LogP contribution in [0.15, 0.2) is 55.1 Å². The molecule has 2 aromatic heterocycles. The molecule has 0 spiro atoms. The standard InChI is InChI=1S/C24H26N6O/c1-29-12-2-4-17-14-18(6-9-21(17)29)24(31)30-13-3-5-22(30)20-8-7-19(15-27-20)28-23-16-25-10-11-26-23/h6-11,14-16,22H,2-5,12-13H2,1H3,(H,26,28)/t22-/m1/s1. The predicted molar refractivity (Wildman–Crippen MR) is 121 cm³/mol. The van der Waals surface area contributed by atoms with E-state index in [-0.39, 0.29) is 11.9 Å². The highest BCUT2D eigenvalue weighted by molar-refractivity contribution is 5.95. The molecule has 5 rings (SSSR count). The first kappa shape index (κ1) is 19.5. The Balaban J connectivity index is 1.33. The highest BCUT2D eigenvalue weighted by Crippen LogP contribution is 2.34. The third-order valence-corrected chi connectivity index (χ3v) is 6.15. The summed E-state index contributed by atoms with van der Waals surface area (Å²) in [6, 6.07) is 10.1. The molecule has 1 aromatic carbocycles. The van der Waals surface area contributed by atoms with Crippen LogP contribution in [-0.4, -0.2) is 45.9 Å².